The van der Waals surface area contributed by atoms with Crippen LogP contribution in [0.2, 0.25) is 0 Å². The van der Waals surface area contributed by atoms with E-state index in [4.69, 9.17) is 0 Å². The van der Waals surface area contributed by atoms with Crippen LogP contribution in [-0.2, 0) is 6.42 Å². The predicted molar refractivity (Wildman–Crippen MR) is 66.8 cm³/mol. The molecule has 0 saturated carbocycles. The number of rotatable bonds is 1. The fraction of sp³-hybridized carbons (Fsp3) is 0.538. The van der Waals surface area contributed by atoms with Crippen molar-refractivity contribution in [3.05, 3.63) is 23.8 Å². The number of hydrogen-bond donors (Lipinski definition) is 1. The van der Waals surface area contributed by atoms with Gasteiger partial charge in [-0.05, 0) is 31.4 Å². The minimum Gasteiger partial charge on any atom is -0.381 e. The van der Waals surface area contributed by atoms with Gasteiger partial charge < -0.3 is 10.2 Å². The van der Waals surface area contributed by atoms with Crippen molar-refractivity contribution in [1.29, 1.82) is 0 Å². The number of nitrogens with zero attached hydrogens (tertiary/aromatic N) is 1. The summed E-state index contributed by atoms with van der Waals surface area (Å²) >= 11 is 0. The van der Waals surface area contributed by atoms with E-state index in [0.29, 0.717) is 6.04 Å². The number of aryl methyl sites for hydroxylation is 1. The maximum Gasteiger partial charge on any atom is 0.0631 e. The van der Waals surface area contributed by atoms with E-state index in [0.717, 1.165) is 13.0 Å². The van der Waals surface area contributed by atoms with Gasteiger partial charge in [-0.3, -0.25) is 0 Å². The molecule has 1 heterocycles. The van der Waals surface area contributed by atoms with Gasteiger partial charge in [-0.25, -0.2) is 0 Å². The van der Waals surface area contributed by atoms with Gasteiger partial charge in [0.25, 0.3) is 0 Å². The highest BCUT2D eigenvalue weighted by atomic mass is 15.1. The van der Waals surface area contributed by atoms with E-state index in [1.807, 2.05) is 0 Å². The maximum absolute atomic E-state index is 3.59. The number of nitrogens with one attached hydrogen (secondary N) is 1. The molecule has 0 bridgehead atoms. The van der Waals surface area contributed by atoms with Crippen LogP contribution >= 0.6 is 0 Å². The fourth-order valence-electron chi connectivity index (χ4n) is 2.28. The standard InChI is InChI=1S/C13H20N2/c1-4-11-6-5-7-12-13(11)15(3)9-8-10(2)14-12/h5-7,10,14H,4,8-9H2,1-3H3. The van der Waals surface area contributed by atoms with Crippen LogP contribution in [0.3, 0.4) is 0 Å². The van der Waals surface area contributed by atoms with Gasteiger partial charge in [0.1, 0.15) is 0 Å². The molecule has 0 aromatic heterocycles. The van der Waals surface area contributed by atoms with Crippen LogP contribution in [0, 0.1) is 0 Å². The van der Waals surface area contributed by atoms with Gasteiger partial charge in [-0.1, -0.05) is 19.1 Å². The summed E-state index contributed by atoms with van der Waals surface area (Å²) in [6, 6.07) is 7.14. The van der Waals surface area contributed by atoms with Crippen LogP contribution in [-0.4, -0.2) is 19.6 Å². The summed E-state index contributed by atoms with van der Waals surface area (Å²) in [4.78, 5) is 2.38. The molecule has 15 heavy (non-hydrogen) atoms. The second kappa shape index (κ2) is 4.13. The third-order valence-corrected chi connectivity index (χ3v) is 3.18. The van der Waals surface area contributed by atoms with Crippen molar-refractivity contribution >= 4 is 11.4 Å². The Labute approximate surface area is 92.3 Å². The largest absolute Gasteiger partial charge is 0.381 e. The molecule has 0 spiro atoms. The summed E-state index contributed by atoms with van der Waals surface area (Å²) in [6.07, 6.45) is 2.30. The van der Waals surface area contributed by atoms with Crippen LogP contribution in [0.15, 0.2) is 18.2 Å². The van der Waals surface area contributed by atoms with Gasteiger partial charge in [0.05, 0.1) is 11.4 Å². The number of anilines is 2. The lowest BCUT2D eigenvalue weighted by atomic mass is 10.1. The Hall–Kier alpha value is -1.18. The van der Waals surface area contributed by atoms with E-state index in [1.54, 1.807) is 0 Å². The van der Waals surface area contributed by atoms with Gasteiger partial charge in [0.2, 0.25) is 0 Å². The van der Waals surface area contributed by atoms with Gasteiger partial charge in [-0.15, -0.1) is 0 Å². The topological polar surface area (TPSA) is 15.3 Å². The van der Waals surface area contributed by atoms with E-state index in [1.165, 1.54) is 23.4 Å². The fourth-order valence-corrected chi connectivity index (χ4v) is 2.28. The van der Waals surface area contributed by atoms with E-state index in [9.17, 15) is 0 Å². The van der Waals surface area contributed by atoms with Gasteiger partial charge in [-0.2, -0.15) is 0 Å². The Kier molecular flexibility index (Phi) is 2.85. The molecule has 1 aromatic rings. The Morgan fingerprint density at radius 3 is 3.00 bits per heavy atom. The van der Waals surface area contributed by atoms with Crippen LogP contribution in [0.4, 0.5) is 11.4 Å². The highest BCUT2D eigenvalue weighted by molar-refractivity contribution is 5.74. The summed E-state index contributed by atoms with van der Waals surface area (Å²) in [5.41, 5.74) is 4.13. The molecule has 0 saturated heterocycles. The van der Waals surface area contributed by atoms with Crippen LogP contribution < -0.4 is 10.2 Å². The molecule has 0 amide bonds. The highest BCUT2D eigenvalue weighted by Gasteiger charge is 2.17. The third-order valence-electron chi connectivity index (χ3n) is 3.18. The second-order valence-electron chi connectivity index (χ2n) is 4.42. The van der Waals surface area contributed by atoms with Crippen molar-refractivity contribution in [2.45, 2.75) is 32.7 Å². The normalized spacial score (nSPS) is 20.5. The summed E-state index contributed by atoms with van der Waals surface area (Å²) in [5, 5.41) is 3.59. The average molecular weight is 204 g/mol. The summed E-state index contributed by atoms with van der Waals surface area (Å²) in [5.74, 6) is 0. The number of hydrogen-bond acceptors (Lipinski definition) is 2. The monoisotopic (exact) mass is 204 g/mol. The molecular weight excluding hydrogens is 184 g/mol. The van der Waals surface area contributed by atoms with E-state index in [-0.39, 0.29) is 0 Å². The van der Waals surface area contributed by atoms with E-state index in [2.05, 4.69) is 49.3 Å². The third kappa shape index (κ3) is 1.94. The molecule has 1 unspecified atom stereocenters. The summed E-state index contributed by atoms with van der Waals surface area (Å²) in [7, 11) is 2.19. The Balaban J connectivity index is 2.46. The first-order valence-electron chi connectivity index (χ1n) is 5.82. The zero-order valence-corrected chi connectivity index (χ0v) is 9.88. The highest BCUT2D eigenvalue weighted by Crippen LogP contribution is 2.32. The minimum atomic E-state index is 0.570. The lowest BCUT2D eigenvalue weighted by Crippen LogP contribution is -2.20. The van der Waals surface area contributed by atoms with Crippen LogP contribution in [0.25, 0.3) is 0 Å². The molecule has 0 fully saturated rings. The maximum atomic E-state index is 3.59. The lowest BCUT2D eigenvalue weighted by Gasteiger charge is -2.22. The SMILES string of the molecule is CCc1cccc2c1N(C)CCC(C)N2. The molecule has 0 aliphatic carbocycles. The van der Waals surface area contributed by atoms with E-state index >= 15 is 0 Å². The van der Waals surface area contributed by atoms with Crippen molar-refractivity contribution in [1.82, 2.24) is 0 Å². The smallest absolute Gasteiger partial charge is 0.0631 e. The van der Waals surface area contributed by atoms with Crippen LogP contribution in [0.1, 0.15) is 25.8 Å². The molecule has 82 valence electrons. The van der Waals surface area contributed by atoms with Gasteiger partial charge >= 0.3 is 0 Å². The Bertz CT molecular complexity index is 346. The quantitative estimate of drug-likeness (QED) is 0.756. The van der Waals surface area contributed by atoms with Crippen molar-refractivity contribution < 1.29 is 0 Å². The van der Waals surface area contributed by atoms with Gasteiger partial charge in [0.15, 0.2) is 0 Å². The zero-order chi connectivity index (χ0) is 10.8. The number of benzene rings is 1. The molecule has 1 atom stereocenters. The van der Waals surface area contributed by atoms with Crippen molar-refractivity contribution in [3.8, 4) is 0 Å². The number of para-hydroxylation sites is 1. The molecule has 2 nitrogen and oxygen atoms in total. The Morgan fingerprint density at radius 2 is 2.27 bits per heavy atom. The summed E-state index contributed by atoms with van der Waals surface area (Å²) < 4.78 is 0. The van der Waals surface area contributed by atoms with Crippen molar-refractivity contribution in [3.63, 3.8) is 0 Å². The Morgan fingerprint density at radius 1 is 1.47 bits per heavy atom. The molecule has 1 N–H and O–H groups in total. The zero-order valence-electron chi connectivity index (χ0n) is 9.88. The first-order valence-corrected chi connectivity index (χ1v) is 5.82. The molecule has 1 aliphatic heterocycles. The van der Waals surface area contributed by atoms with E-state index < -0.39 is 0 Å². The predicted octanol–water partition coefficient (Wildman–Crippen LogP) is 2.89. The molecule has 2 rings (SSSR count). The molecule has 2 heteroatoms. The van der Waals surface area contributed by atoms with Crippen molar-refractivity contribution in [2.75, 3.05) is 23.8 Å². The first-order chi connectivity index (χ1) is 7.22. The average Bonchev–Trinajstić information content (AvgIpc) is 2.38. The number of fused-ring (bicyclic) bond motifs is 1. The molecule has 1 aromatic carbocycles. The lowest BCUT2D eigenvalue weighted by molar-refractivity contribution is 0.710. The minimum absolute atomic E-state index is 0.570. The molecule has 1 aliphatic rings. The summed E-state index contributed by atoms with van der Waals surface area (Å²) in [6.45, 7) is 5.61. The van der Waals surface area contributed by atoms with Gasteiger partial charge in [0, 0.05) is 19.6 Å². The van der Waals surface area contributed by atoms with Crippen molar-refractivity contribution in [2.24, 2.45) is 0 Å². The van der Waals surface area contributed by atoms with Crippen LogP contribution in [0.5, 0.6) is 0 Å². The first kappa shape index (κ1) is 10.3. The second-order valence-corrected chi connectivity index (χ2v) is 4.42. The molecule has 0 radical (unpaired) electrons. The molecular formula is C13H20N2.